The van der Waals surface area contributed by atoms with E-state index in [1.807, 2.05) is 6.07 Å². The number of halogens is 3. The fourth-order valence-corrected chi connectivity index (χ4v) is 2.80. The molecule has 2 nitrogen and oxygen atoms in total. The van der Waals surface area contributed by atoms with Crippen LogP contribution in [0.15, 0.2) is 48.5 Å². The summed E-state index contributed by atoms with van der Waals surface area (Å²) in [6.45, 7) is 3.33. The van der Waals surface area contributed by atoms with Gasteiger partial charge >= 0.3 is 0 Å². The Morgan fingerprint density at radius 3 is 2.55 bits per heavy atom. The summed E-state index contributed by atoms with van der Waals surface area (Å²) < 4.78 is 26.4. The van der Waals surface area contributed by atoms with Crippen molar-refractivity contribution in [3.63, 3.8) is 0 Å². The minimum atomic E-state index is -0.222. The summed E-state index contributed by atoms with van der Waals surface area (Å²) in [5, 5.41) is 3.35. The average Bonchev–Trinajstić information content (AvgIpc) is 2.50. The van der Waals surface area contributed by atoms with Crippen molar-refractivity contribution in [1.29, 1.82) is 0 Å². The van der Waals surface area contributed by atoms with Gasteiger partial charge in [0.1, 0.15) is 11.6 Å². The second kappa shape index (κ2) is 7.68. The molecule has 118 valence electrons. The zero-order valence-electron chi connectivity index (χ0n) is 12.1. The van der Waals surface area contributed by atoms with Gasteiger partial charge in [-0.2, -0.15) is 0 Å². The quantitative estimate of drug-likeness (QED) is 0.929. The lowest BCUT2D eigenvalue weighted by atomic mass is 10.0. The van der Waals surface area contributed by atoms with Gasteiger partial charge in [-0.3, -0.25) is 4.90 Å². The largest absolute Gasteiger partial charge is 0.314 e. The van der Waals surface area contributed by atoms with Crippen LogP contribution in [0.4, 0.5) is 8.78 Å². The predicted molar refractivity (Wildman–Crippen MR) is 86.1 cm³/mol. The maximum absolute atomic E-state index is 13.4. The number of hydrogen-bond donors (Lipinski definition) is 1. The minimum absolute atomic E-state index is 0. The van der Waals surface area contributed by atoms with E-state index in [1.165, 1.54) is 18.2 Å². The molecule has 0 amide bonds. The summed E-state index contributed by atoms with van der Waals surface area (Å²) in [5.74, 6) is -0.430. The van der Waals surface area contributed by atoms with Crippen molar-refractivity contribution in [2.45, 2.75) is 12.6 Å². The van der Waals surface area contributed by atoms with Crippen LogP contribution in [-0.4, -0.2) is 24.5 Å². The predicted octanol–water partition coefficient (Wildman–Crippen LogP) is 3.53. The number of benzene rings is 2. The van der Waals surface area contributed by atoms with E-state index >= 15 is 0 Å². The molecular weight excluding hydrogens is 306 g/mol. The van der Waals surface area contributed by atoms with Crippen LogP contribution in [0.3, 0.4) is 0 Å². The molecule has 0 aliphatic carbocycles. The maximum atomic E-state index is 13.4. The summed E-state index contributed by atoms with van der Waals surface area (Å²) in [7, 11) is 0. The second-order valence-electron chi connectivity index (χ2n) is 5.37. The molecule has 5 heteroatoms. The molecule has 22 heavy (non-hydrogen) atoms. The molecule has 1 atom stereocenters. The van der Waals surface area contributed by atoms with Gasteiger partial charge in [0.15, 0.2) is 0 Å². The number of nitrogens with one attached hydrogen (secondary N) is 1. The Hall–Kier alpha value is -1.49. The standard InChI is InChI=1S/C17H18F2N2.ClH/c18-15-6-4-13(5-7-15)12-21-9-8-20-11-17(21)14-2-1-3-16(19)10-14;/h1-7,10,17,20H,8-9,11-12H2;1H. The molecule has 0 bridgehead atoms. The molecule has 1 N–H and O–H groups in total. The maximum Gasteiger partial charge on any atom is 0.123 e. The highest BCUT2D eigenvalue weighted by molar-refractivity contribution is 5.85. The van der Waals surface area contributed by atoms with Crippen LogP contribution in [0, 0.1) is 11.6 Å². The Kier molecular flexibility index (Phi) is 5.89. The summed E-state index contributed by atoms with van der Waals surface area (Å²) in [5.41, 5.74) is 2.05. The Morgan fingerprint density at radius 2 is 1.82 bits per heavy atom. The molecule has 0 saturated carbocycles. The van der Waals surface area contributed by atoms with Crippen molar-refractivity contribution in [3.05, 3.63) is 71.3 Å². The summed E-state index contributed by atoms with van der Waals surface area (Å²) in [6, 6.07) is 13.5. The molecule has 1 saturated heterocycles. The van der Waals surface area contributed by atoms with E-state index in [-0.39, 0.29) is 30.1 Å². The van der Waals surface area contributed by atoms with Gasteiger partial charge in [-0.1, -0.05) is 24.3 Å². The molecule has 1 fully saturated rings. The SMILES string of the molecule is Cl.Fc1ccc(CN2CCNCC2c2cccc(F)c2)cc1. The number of piperazine rings is 1. The van der Waals surface area contributed by atoms with Crippen LogP contribution in [-0.2, 0) is 6.54 Å². The highest BCUT2D eigenvalue weighted by Crippen LogP contribution is 2.24. The van der Waals surface area contributed by atoms with Gasteiger partial charge in [-0.25, -0.2) is 8.78 Å². The summed E-state index contributed by atoms with van der Waals surface area (Å²) in [4.78, 5) is 2.30. The highest BCUT2D eigenvalue weighted by Gasteiger charge is 2.23. The molecule has 0 aromatic heterocycles. The van der Waals surface area contributed by atoms with Crippen LogP contribution >= 0.6 is 12.4 Å². The third kappa shape index (κ3) is 4.03. The number of rotatable bonds is 3. The van der Waals surface area contributed by atoms with Gasteiger partial charge in [-0.15, -0.1) is 12.4 Å². The first-order valence-corrected chi connectivity index (χ1v) is 7.17. The third-order valence-corrected chi connectivity index (χ3v) is 3.89. The van der Waals surface area contributed by atoms with Gasteiger partial charge in [-0.05, 0) is 35.4 Å². The van der Waals surface area contributed by atoms with E-state index in [2.05, 4.69) is 10.2 Å². The monoisotopic (exact) mass is 324 g/mol. The van der Waals surface area contributed by atoms with Crippen molar-refractivity contribution in [1.82, 2.24) is 10.2 Å². The fraction of sp³-hybridized carbons (Fsp3) is 0.294. The second-order valence-corrected chi connectivity index (χ2v) is 5.37. The van der Waals surface area contributed by atoms with Gasteiger partial charge in [0.2, 0.25) is 0 Å². The van der Waals surface area contributed by atoms with E-state index in [4.69, 9.17) is 0 Å². The Morgan fingerprint density at radius 1 is 1.05 bits per heavy atom. The Labute approximate surface area is 135 Å². The number of nitrogens with zero attached hydrogens (tertiary/aromatic N) is 1. The van der Waals surface area contributed by atoms with Gasteiger partial charge in [0.05, 0.1) is 0 Å². The molecule has 1 unspecified atom stereocenters. The molecule has 0 spiro atoms. The topological polar surface area (TPSA) is 15.3 Å². The minimum Gasteiger partial charge on any atom is -0.314 e. The molecule has 1 aliphatic heterocycles. The molecule has 3 rings (SSSR count). The van der Waals surface area contributed by atoms with E-state index in [9.17, 15) is 8.78 Å². The van der Waals surface area contributed by atoms with Crippen LogP contribution in [0.25, 0.3) is 0 Å². The van der Waals surface area contributed by atoms with Crippen LogP contribution < -0.4 is 5.32 Å². The molecular formula is C17H19ClF2N2. The smallest absolute Gasteiger partial charge is 0.123 e. The van der Waals surface area contributed by atoms with Crippen molar-refractivity contribution in [3.8, 4) is 0 Å². The number of hydrogen-bond acceptors (Lipinski definition) is 2. The average molecular weight is 325 g/mol. The lowest BCUT2D eigenvalue weighted by Crippen LogP contribution is -2.45. The molecule has 2 aromatic carbocycles. The van der Waals surface area contributed by atoms with E-state index in [1.54, 1.807) is 24.3 Å². The zero-order valence-corrected chi connectivity index (χ0v) is 13.0. The summed E-state index contributed by atoms with van der Waals surface area (Å²) in [6.07, 6.45) is 0. The van der Waals surface area contributed by atoms with Crippen molar-refractivity contribution >= 4 is 12.4 Å². The normalized spacial score (nSPS) is 18.7. The van der Waals surface area contributed by atoms with Gasteiger partial charge in [0, 0.05) is 32.2 Å². The van der Waals surface area contributed by atoms with Crippen LogP contribution in [0.2, 0.25) is 0 Å². The first-order chi connectivity index (χ1) is 10.2. The van der Waals surface area contributed by atoms with Crippen LogP contribution in [0.5, 0.6) is 0 Å². The first kappa shape index (κ1) is 16.9. The molecule has 1 heterocycles. The van der Waals surface area contributed by atoms with Crippen molar-refractivity contribution in [2.75, 3.05) is 19.6 Å². The lowest BCUT2D eigenvalue weighted by Gasteiger charge is -2.36. The fourth-order valence-electron chi connectivity index (χ4n) is 2.80. The third-order valence-electron chi connectivity index (χ3n) is 3.89. The Bertz CT molecular complexity index is 604. The molecule has 0 radical (unpaired) electrons. The van der Waals surface area contributed by atoms with Gasteiger partial charge < -0.3 is 5.32 Å². The van der Waals surface area contributed by atoms with E-state index in [0.29, 0.717) is 0 Å². The highest BCUT2D eigenvalue weighted by atomic mass is 35.5. The Balaban J connectivity index is 0.00000176. The summed E-state index contributed by atoms with van der Waals surface area (Å²) >= 11 is 0. The van der Waals surface area contributed by atoms with E-state index < -0.39 is 0 Å². The first-order valence-electron chi connectivity index (χ1n) is 7.17. The van der Waals surface area contributed by atoms with Crippen molar-refractivity contribution < 1.29 is 8.78 Å². The van der Waals surface area contributed by atoms with Gasteiger partial charge in [0.25, 0.3) is 0 Å². The van der Waals surface area contributed by atoms with Crippen molar-refractivity contribution in [2.24, 2.45) is 0 Å². The molecule has 2 aromatic rings. The van der Waals surface area contributed by atoms with Crippen LogP contribution in [0.1, 0.15) is 17.2 Å². The molecule has 1 aliphatic rings. The lowest BCUT2D eigenvalue weighted by molar-refractivity contribution is 0.153. The van der Waals surface area contributed by atoms with E-state index in [0.717, 1.165) is 37.3 Å². The zero-order chi connectivity index (χ0) is 14.7.